The third kappa shape index (κ3) is 2.26. The van der Waals surface area contributed by atoms with E-state index in [4.69, 9.17) is 14.6 Å². The number of methoxy groups -OCH3 is 1. The Morgan fingerprint density at radius 2 is 2.28 bits per heavy atom. The number of phenols is 1. The number of cyclic esters (lactones) is 1. The molecule has 0 saturated carbocycles. The van der Waals surface area contributed by atoms with E-state index >= 15 is 0 Å². The third-order valence-corrected chi connectivity index (χ3v) is 3.06. The van der Waals surface area contributed by atoms with Crippen LogP contribution in [0.25, 0.3) is 0 Å². The van der Waals surface area contributed by atoms with Crippen LogP contribution in [-0.4, -0.2) is 36.0 Å². The van der Waals surface area contributed by atoms with Crippen molar-refractivity contribution in [2.75, 3.05) is 13.7 Å². The van der Waals surface area contributed by atoms with Gasteiger partial charge in [-0.2, -0.15) is 0 Å². The van der Waals surface area contributed by atoms with E-state index in [-0.39, 0.29) is 29.8 Å². The number of phenolic OH excluding ortho intramolecular Hbond substituents is 1. The largest absolute Gasteiger partial charge is 0.504 e. The first-order valence-electron chi connectivity index (χ1n) is 5.88. The van der Waals surface area contributed by atoms with Crippen molar-refractivity contribution < 1.29 is 24.5 Å². The summed E-state index contributed by atoms with van der Waals surface area (Å²) in [6, 6.07) is 3.40. The van der Waals surface area contributed by atoms with Crippen LogP contribution in [0.15, 0.2) is 12.1 Å². The molecule has 0 saturated heterocycles. The summed E-state index contributed by atoms with van der Waals surface area (Å²) in [5, 5.41) is 18.7. The first-order chi connectivity index (χ1) is 8.67. The van der Waals surface area contributed by atoms with Crippen LogP contribution in [0, 0.1) is 0 Å². The minimum Gasteiger partial charge on any atom is -0.504 e. The summed E-state index contributed by atoms with van der Waals surface area (Å²) in [5.74, 6) is -0.435. The molecule has 0 spiro atoms. The Hall–Kier alpha value is -1.75. The Bertz CT molecular complexity index is 455. The molecular weight excluding hydrogens is 236 g/mol. The molecule has 5 nitrogen and oxygen atoms in total. The van der Waals surface area contributed by atoms with Crippen molar-refractivity contribution in [3.8, 4) is 11.5 Å². The molecule has 2 rings (SSSR count). The molecule has 0 bridgehead atoms. The lowest BCUT2D eigenvalue weighted by atomic mass is 9.95. The monoisotopic (exact) mass is 252 g/mol. The Kier molecular flexibility index (Phi) is 3.72. The summed E-state index contributed by atoms with van der Waals surface area (Å²) in [4.78, 5) is 11.8. The number of rotatable bonds is 4. The summed E-state index contributed by atoms with van der Waals surface area (Å²) < 4.78 is 10.2. The quantitative estimate of drug-likeness (QED) is 0.789. The van der Waals surface area contributed by atoms with Gasteiger partial charge in [-0.3, -0.25) is 0 Å². The molecule has 5 heteroatoms. The normalized spacial score (nSPS) is 18.1. The number of aliphatic hydroxyl groups is 1. The Morgan fingerprint density at radius 1 is 1.50 bits per heavy atom. The van der Waals surface area contributed by atoms with E-state index in [1.807, 2.05) is 0 Å². The van der Waals surface area contributed by atoms with Crippen molar-refractivity contribution in [1.82, 2.24) is 0 Å². The fraction of sp³-hybridized carbons (Fsp3) is 0.462. The SMILES string of the molecule is COc1ccc2c(c1O)C(=O)O[C@H](CCCO)C2. The molecule has 0 radical (unpaired) electrons. The minimum absolute atomic E-state index is 0.0781. The van der Waals surface area contributed by atoms with Crippen LogP contribution in [-0.2, 0) is 11.2 Å². The Morgan fingerprint density at radius 3 is 2.94 bits per heavy atom. The number of carbonyl (C=O) groups is 1. The van der Waals surface area contributed by atoms with Crippen molar-refractivity contribution in [2.45, 2.75) is 25.4 Å². The molecule has 1 aliphatic rings. The number of aromatic hydroxyl groups is 1. The van der Waals surface area contributed by atoms with E-state index in [9.17, 15) is 9.90 Å². The molecule has 1 atom stereocenters. The molecule has 1 heterocycles. The maximum atomic E-state index is 11.8. The lowest BCUT2D eigenvalue weighted by Crippen LogP contribution is -2.28. The predicted molar refractivity (Wildman–Crippen MR) is 63.9 cm³/mol. The second-order valence-corrected chi connectivity index (χ2v) is 4.25. The lowest BCUT2D eigenvalue weighted by Gasteiger charge is -2.25. The molecule has 0 amide bonds. The van der Waals surface area contributed by atoms with Gasteiger partial charge in [0.25, 0.3) is 0 Å². The molecular formula is C13H16O5. The predicted octanol–water partition coefficient (Wildman–Crippen LogP) is 1.25. The van der Waals surface area contributed by atoms with Crippen LogP contribution in [0.4, 0.5) is 0 Å². The molecule has 0 aliphatic carbocycles. The number of ether oxygens (including phenoxy) is 2. The molecule has 0 fully saturated rings. The van der Waals surface area contributed by atoms with Gasteiger partial charge in [-0.25, -0.2) is 4.79 Å². The minimum atomic E-state index is -0.532. The smallest absolute Gasteiger partial charge is 0.342 e. The van der Waals surface area contributed by atoms with E-state index in [0.717, 1.165) is 5.56 Å². The summed E-state index contributed by atoms with van der Waals surface area (Å²) in [7, 11) is 1.43. The standard InChI is InChI=1S/C13H16O5/c1-17-10-5-4-8-7-9(3-2-6-14)18-13(16)11(8)12(10)15/h4-5,9,14-15H,2-3,6-7H2,1H3/t9-/m1/s1. The summed E-state index contributed by atoms with van der Waals surface area (Å²) in [5.41, 5.74) is 0.946. The third-order valence-electron chi connectivity index (χ3n) is 3.06. The van der Waals surface area contributed by atoms with Gasteiger partial charge in [-0.1, -0.05) is 6.07 Å². The van der Waals surface area contributed by atoms with Gasteiger partial charge in [-0.05, 0) is 24.5 Å². The van der Waals surface area contributed by atoms with Gasteiger partial charge < -0.3 is 19.7 Å². The molecule has 1 aromatic rings. The molecule has 0 aromatic heterocycles. The average Bonchev–Trinajstić information content (AvgIpc) is 2.36. The van der Waals surface area contributed by atoms with Crippen molar-refractivity contribution in [1.29, 1.82) is 0 Å². The van der Waals surface area contributed by atoms with Crippen molar-refractivity contribution in [2.24, 2.45) is 0 Å². The number of aliphatic hydroxyl groups excluding tert-OH is 1. The zero-order valence-electron chi connectivity index (χ0n) is 10.2. The van der Waals surface area contributed by atoms with Crippen LogP contribution in [0.1, 0.15) is 28.8 Å². The van der Waals surface area contributed by atoms with Gasteiger partial charge in [0.1, 0.15) is 11.7 Å². The maximum absolute atomic E-state index is 11.8. The second kappa shape index (κ2) is 5.27. The van der Waals surface area contributed by atoms with Crippen LogP contribution in [0.2, 0.25) is 0 Å². The number of hydrogen-bond acceptors (Lipinski definition) is 5. The van der Waals surface area contributed by atoms with Crippen molar-refractivity contribution in [3.05, 3.63) is 23.3 Å². The summed E-state index contributed by atoms with van der Waals surface area (Å²) in [6.07, 6.45) is 1.53. The Labute approximate surface area is 105 Å². The van der Waals surface area contributed by atoms with E-state index in [1.54, 1.807) is 12.1 Å². The fourth-order valence-electron chi connectivity index (χ4n) is 2.15. The first-order valence-corrected chi connectivity index (χ1v) is 5.88. The fourth-order valence-corrected chi connectivity index (χ4v) is 2.15. The highest BCUT2D eigenvalue weighted by Gasteiger charge is 2.30. The van der Waals surface area contributed by atoms with E-state index < -0.39 is 5.97 Å². The number of esters is 1. The van der Waals surface area contributed by atoms with E-state index in [0.29, 0.717) is 19.3 Å². The van der Waals surface area contributed by atoms with Crippen LogP contribution < -0.4 is 4.74 Å². The maximum Gasteiger partial charge on any atom is 0.342 e. The van der Waals surface area contributed by atoms with E-state index in [1.165, 1.54) is 7.11 Å². The molecule has 1 aliphatic heterocycles. The number of fused-ring (bicyclic) bond motifs is 1. The van der Waals surface area contributed by atoms with E-state index in [2.05, 4.69) is 0 Å². The van der Waals surface area contributed by atoms with Gasteiger partial charge in [0.2, 0.25) is 0 Å². The lowest BCUT2D eigenvalue weighted by molar-refractivity contribution is 0.0217. The van der Waals surface area contributed by atoms with Gasteiger partial charge >= 0.3 is 5.97 Å². The van der Waals surface area contributed by atoms with Gasteiger partial charge in [-0.15, -0.1) is 0 Å². The molecule has 18 heavy (non-hydrogen) atoms. The zero-order chi connectivity index (χ0) is 13.1. The molecule has 98 valence electrons. The van der Waals surface area contributed by atoms with Crippen LogP contribution in [0.5, 0.6) is 11.5 Å². The zero-order valence-corrected chi connectivity index (χ0v) is 10.2. The number of hydrogen-bond donors (Lipinski definition) is 2. The van der Waals surface area contributed by atoms with Gasteiger partial charge in [0.05, 0.1) is 7.11 Å². The second-order valence-electron chi connectivity index (χ2n) is 4.25. The summed E-state index contributed by atoms with van der Waals surface area (Å²) in [6.45, 7) is 0.0781. The van der Waals surface area contributed by atoms with Gasteiger partial charge in [0, 0.05) is 13.0 Å². The molecule has 0 unspecified atom stereocenters. The molecule has 1 aromatic carbocycles. The van der Waals surface area contributed by atoms with Crippen molar-refractivity contribution >= 4 is 5.97 Å². The number of carbonyl (C=O) groups excluding carboxylic acids is 1. The van der Waals surface area contributed by atoms with Crippen molar-refractivity contribution in [3.63, 3.8) is 0 Å². The number of benzene rings is 1. The topological polar surface area (TPSA) is 76.0 Å². The first kappa shape index (κ1) is 12.7. The average molecular weight is 252 g/mol. The van der Waals surface area contributed by atoms with Gasteiger partial charge in [0.15, 0.2) is 11.5 Å². The van der Waals surface area contributed by atoms with Crippen LogP contribution >= 0.6 is 0 Å². The highest BCUT2D eigenvalue weighted by molar-refractivity contribution is 5.96. The molecule has 2 N–H and O–H groups in total. The highest BCUT2D eigenvalue weighted by atomic mass is 16.5. The van der Waals surface area contributed by atoms with Crippen LogP contribution in [0.3, 0.4) is 0 Å². The Balaban J connectivity index is 2.27. The summed E-state index contributed by atoms with van der Waals surface area (Å²) >= 11 is 0. The highest BCUT2D eigenvalue weighted by Crippen LogP contribution is 2.36.